The second kappa shape index (κ2) is 13.4. The maximum atomic E-state index is 13.7. The number of amides is 1. The third-order valence-electron chi connectivity index (χ3n) is 6.12. The number of aliphatic hydroxyl groups excluding tert-OH is 2. The zero-order valence-corrected chi connectivity index (χ0v) is 22.3. The molecule has 2 aromatic heterocycles. The lowest BCUT2D eigenvalue weighted by Crippen LogP contribution is -2.29. The number of nitrogen functional groups attached to an aromatic ring is 1. The summed E-state index contributed by atoms with van der Waals surface area (Å²) in [4.78, 5) is 29.9. The fourth-order valence-electron chi connectivity index (χ4n) is 3.79. The van der Waals surface area contributed by atoms with Crippen molar-refractivity contribution in [2.45, 2.75) is 25.6 Å². The van der Waals surface area contributed by atoms with Crippen LogP contribution in [0.2, 0.25) is 0 Å². The van der Waals surface area contributed by atoms with Gasteiger partial charge in [0.25, 0.3) is 5.91 Å². The van der Waals surface area contributed by atoms with Gasteiger partial charge in [-0.25, -0.2) is 28.7 Å². The average molecular weight is 576 g/mol. The molecule has 2 aromatic carbocycles. The number of benzene rings is 2. The van der Waals surface area contributed by atoms with Gasteiger partial charge in [0.1, 0.15) is 6.07 Å². The summed E-state index contributed by atoms with van der Waals surface area (Å²) in [6.07, 6.45) is 1.76. The smallest absolute Gasteiger partial charge is 0.274 e. The molecule has 0 aliphatic carbocycles. The number of nitrogens with one attached hydrogen (secondary N) is 3. The van der Waals surface area contributed by atoms with Crippen LogP contribution in [0.25, 0.3) is 11.3 Å². The Morgan fingerprint density at radius 2 is 1.81 bits per heavy atom. The number of halogens is 2. The molecule has 0 fully saturated rings. The van der Waals surface area contributed by atoms with E-state index in [9.17, 15) is 23.9 Å². The summed E-state index contributed by atoms with van der Waals surface area (Å²) < 4.78 is 27.0. The van der Waals surface area contributed by atoms with Crippen molar-refractivity contribution in [1.29, 1.82) is 5.26 Å². The predicted octanol–water partition coefficient (Wildman–Crippen LogP) is 2.53. The average Bonchev–Trinajstić information content (AvgIpc) is 3.00. The topological polar surface area (TPSA) is 195 Å². The molecular weight excluding hydrogens is 548 g/mol. The van der Waals surface area contributed by atoms with E-state index in [1.165, 1.54) is 18.5 Å². The van der Waals surface area contributed by atoms with Gasteiger partial charge in [0, 0.05) is 18.7 Å². The standard InChI is InChI=1S/C28H27F2N9O3/c1-15(18-6-7-21(29)22(30)8-18)37-28(42)24-26(35-11-19(9-31)38-24)34-10-16-2-4-17(5-3-16)23-13-33-25(32)27(39-23)36-12-20(41)14-40/h2-8,11,13,15,20,40-41H,10,12,14H2,1H3,(H2,32,33)(H,34,35)(H,36,39)(H,37,42). The lowest BCUT2D eigenvalue weighted by Gasteiger charge is -2.16. The maximum Gasteiger partial charge on any atom is 0.274 e. The van der Waals surface area contributed by atoms with Crippen molar-refractivity contribution in [3.63, 3.8) is 0 Å². The molecule has 4 rings (SSSR count). The van der Waals surface area contributed by atoms with Gasteiger partial charge in [0.15, 0.2) is 40.5 Å². The number of hydrogen-bond acceptors (Lipinski definition) is 11. The van der Waals surface area contributed by atoms with Crippen molar-refractivity contribution < 1.29 is 23.8 Å². The first-order chi connectivity index (χ1) is 20.2. The zero-order chi connectivity index (χ0) is 30.2. The molecule has 4 aromatic rings. The minimum atomic E-state index is -1.04. The molecule has 0 saturated carbocycles. The van der Waals surface area contributed by atoms with Crippen LogP contribution in [0, 0.1) is 23.0 Å². The fraction of sp³-hybridized carbons (Fsp3) is 0.214. The van der Waals surface area contributed by atoms with Crippen molar-refractivity contribution in [3.8, 4) is 17.3 Å². The van der Waals surface area contributed by atoms with Crippen LogP contribution in [0.1, 0.15) is 40.3 Å². The lowest BCUT2D eigenvalue weighted by molar-refractivity contribution is 0.0935. The predicted molar refractivity (Wildman–Crippen MR) is 150 cm³/mol. The molecule has 0 aliphatic heterocycles. The Kier molecular flexibility index (Phi) is 9.48. The van der Waals surface area contributed by atoms with Gasteiger partial charge in [-0.15, -0.1) is 0 Å². The first-order valence-electron chi connectivity index (χ1n) is 12.7. The van der Waals surface area contributed by atoms with Gasteiger partial charge >= 0.3 is 0 Å². The molecule has 2 atom stereocenters. The van der Waals surface area contributed by atoms with Crippen LogP contribution >= 0.6 is 0 Å². The summed E-state index contributed by atoms with van der Waals surface area (Å²) in [5.74, 6) is -2.15. The van der Waals surface area contributed by atoms with E-state index in [-0.39, 0.29) is 41.9 Å². The normalized spacial score (nSPS) is 12.2. The maximum absolute atomic E-state index is 13.7. The van der Waals surface area contributed by atoms with Crippen LogP contribution in [0.4, 0.5) is 26.2 Å². The number of nitrogens with two attached hydrogens (primary N) is 1. The zero-order valence-electron chi connectivity index (χ0n) is 22.3. The largest absolute Gasteiger partial charge is 0.394 e. The summed E-state index contributed by atoms with van der Waals surface area (Å²) >= 11 is 0. The molecule has 7 N–H and O–H groups in total. The highest BCUT2D eigenvalue weighted by Crippen LogP contribution is 2.23. The number of carbonyl (C=O) groups is 1. The van der Waals surface area contributed by atoms with E-state index in [1.807, 2.05) is 30.3 Å². The van der Waals surface area contributed by atoms with Gasteiger partial charge in [0.05, 0.1) is 36.8 Å². The van der Waals surface area contributed by atoms with Crippen LogP contribution in [-0.4, -0.2) is 55.3 Å². The first-order valence-corrected chi connectivity index (χ1v) is 12.7. The number of aliphatic hydroxyl groups is 2. The van der Waals surface area contributed by atoms with Crippen LogP contribution < -0.4 is 21.7 Å². The van der Waals surface area contributed by atoms with Crippen molar-refractivity contribution in [1.82, 2.24) is 25.3 Å². The van der Waals surface area contributed by atoms with Crippen molar-refractivity contribution in [2.24, 2.45) is 0 Å². The Balaban J connectivity index is 1.46. The Morgan fingerprint density at radius 3 is 2.50 bits per heavy atom. The van der Waals surface area contributed by atoms with Crippen LogP contribution in [0.3, 0.4) is 0 Å². The van der Waals surface area contributed by atoms with Crippen LogP contribution in [-0.2, 0) is 6.54 Å². The van der Waals surface area contributed by atoms with E-state index in [0.29, 0.717) is 11.3 Å². The van der Waals surface area contributed by atoms with Crippen molar-refractivity contribution in [3.05, 3.63) is 89.0 Å². The molecule has 2 heterocycles. The Bertz CT molecular complexity index is 1610. The monoisotopic (exact) mass is 575 g/mol. The van der Waals surface area contributed by atoms with Crippen LogP contribution in [0.5, 0.6) is 0 Å². The highest BCUT2D eigenvalue weighted by Gasteiger charge is 2.20. The van der Waals surface area contributed by atoms with E-state index in [4.69, 9.17) is 10.8 Å². The molecule has 216 valence electrons. The van der Waals surface area contributed by atoms with Gasteiger partial charge in [0.2, 0.25) is 0 Å². The molecule has 12 nitrogen and oxygen atoms in total. The molecule has 0 aliphatic rings. The number of carbonyl (C=O) groups excluding carboxylic acids is 1. The Hall–Kier alpha value is -5.26. The minimum Gasteiger partial charge on any atom is -0.394 e. The molecule has 0 radical (unpaired) electrons. The Morgan fingerprint density at radius 1 is 1.05 bits per heavy atom. The quantitative estimate of drug-likeness (QED) is 0.154. The number of aromatic nitrogens is 4. The van der Waals surface area contributed by atoms with E-state index in [1.54, 1.807) is 6.92 Å². The van der Waals surface area contributed by atoms with E-state index in [0.717, 1.165) is 23.3 Å². The number of anilines is 3. The van der Waals surface area contributed by atoms with Crippen LogP contribution in [0.15, 0.2) is 54.9 Å². The van der Waals surface area contributed by atoms with E-state index < -0.39 is 36.3 Å². The summed E-state index contributed by atoms with van der Waals surface area (Å²) in [6.45, 7) is 1.49. The van der Waals surface area contributed by atoms with Gasteiger partial charge in [-0.3, -0.25) is 4.79 Å². The van der Waals surface area contributed by atoms with E-state index >= 15 is 0 Å². The third-order valence-corrected chi connectivity index (χ3v) is 6.12. The highest BCUT2D eigenvalue weighted by atomic mass is 19.2. The molecule has 0 spiro atoms. The number of hydrogen-bond donors (Lipinski definition) is 6. The first kappa shape index (κ1) is 29.7. The van der Waals surface area contributed by atoms with Gasteiger partial charge in [-0.2, -0.15) is 5.26 Å². The number of nitrogens with zero attached hydrogens (tertiary/aromatic N) is 5. The molecule has 0 bridgehead atoms. The summed E-state index contributed by atoms with van der Waals surface area (Å²) in [6, 6.07) is 11.8. The second-order valence-electron chi connectivity index (χ2n) is 9.19. The third kappa shape index (κ3) is 7.27. The minimum absolute atomic E-state index is 0.0470. The summed E-state index contributed by atoms with van der Waals surface area (Å²) in [7, 11) is 0. The lowest BCUT2D eigenvalue weighted by atomic mass is 10.1. The summed E-state index contributed by atoms with van der Waals surface area (Å²) in [5.41, 5.74) is 8.08. The molecule has 1 amide bonds. The number of rotatable bonds is 11. The summed E-state index contributed by atoms with van der Waals surface area (Å²) in [5, 5.41) is 36.4. The van der Waals surface area contributed by atoms with Gasteiger partial charge in [-0.05, 0) is 30.2 Å². The molecular formula is C28H27F2N9O3. The van der Waals surface area contributed by atoms with Crippen molar-refractivity contribution in [2.75, 3.05) is 29.5 Å². The van der Waals surface area contributed by atoms with Gasteiger partial charge < -0.3 is 31.9 Å². The van der Waals surface area contributed by atoms with Crippen molar-refractivity contribution >= 4 is 23.4 Å². The molecule has 2 unspecified atom stereocenters. The molecule has 14 heteroatoms. The molecule has 42 heavy (non-hydrogen) atoms. The highest BCUT2D eigenvalue weighted by molar-refractivity contribution is 5.97. The Labute approximate surface area is 239 Å². The SMILES string of the molecule is CC(NC(=O)c1nc(C#N)cnc1NCc1ccc(-c2cnc(N)c(NCC(O)CO)n2)cc1)c1ccc(F)c(F)c1. The second-order valence-corrected chi connectivity index (χ2v) is 9.19. The van der Waals surface area contributed by atoms with Gasteiger partial charge in [-0.1, -0.05) is 30.3 Å². The number of nitriles is 1. The van der Waals surface area contributed by atoms with E-state index in [2.05, 4.69) is 35.9 Å². The molecule has 0 saturated heterocycles. The fourth-order valence-corrected chi connectivity index (χ4v) is 3.79.